The molecule has 0 atom stereocenters. The maximum absolute atomic E-state index is 13.5. The molecule has 7 heteroatoms. The molecule has 2 aromatic heterocycles. The van der Waals surface area contributed by atoms with Crippen LogP contribution in [0.2, 0.25) is 0 Å². The van der Waals surface area contributed by atoms with E-state index in [4.69, 9.17) is 4.42 Å². The number of benzene rings is 1. The van der Waals surface area contributed by atoms with Crippen LogP contribution in [-0.4, -0.2) is 4.98 Å². The number of halogens is 3. The third-order valence-electron chi connectivity index (χ3n) is 2.49. The average molecular weight is 315 g/mol. The molecule has 0 saturated heterocycles. The van der Waals surface area contributed by atoms with Crippen LogP contribution < -0.4 is 5.32 Å². The van der Waals surface area contributed by atoms with E-state index in [2.05, 4.69) is 10.3 Å². The van der Waals surface area contributed by atoms with Gasteiger partial charge in [-0.25, -0.2) is 13.8 Å². The molecule has 104 valence electrons. The van der Waals surface area contributed by atoms with E-state index in [1.807, 2.05) is 5.38 Å². The van der Waals surface area contributed by atoms with Gasteiger partial charge < -0.3 is 9.73 Å². The van der Waals surface area contributed by atoms with Gasteiger partial charge in [-0.2, -0.15) is 0 Å². The first-order valence-electron chi connectivity index (χ1n) is 5.42. The zero-order valence-corrected chi connectivity index (χ0v) is 11.6. The first-order valence-corrected chi connectivity index (χ1v) is 6.30. The van der Waals surface area contributed by atoms with Gasteiger partial charge in [-0.05, 0) is 18.2 Å². The third kappa shape index (κ3) is 2.97. The predicted octanol–water partition coefficient (Wildman–Crippen LogP) is 4.85. The highest BCUT2D eigenvalue weighted by Gasteiger charge is 2.08. The monoisotopic (exact) mass is 314 g/mol. The highest BCUT2D eigenvalue weighted by atomic mass is 35.5. The van der Waals surface area contributed by atoms with Crippen LogP contribution in [-0.2, 0) is 0 Å². The number of aromatic nitrogens is 1. The fourth-order valence-corrected chi connectivity index (χ4v) is 2.31. The molecule has 0 amide bonds. The fourth-order valence-electron chi connectivity index (χ4n) is 1.58. The summed E-state index contributed by atoms with van der Waals surface area (Å²) in [7, 11) is 0. The predicted molar refractivity (Wildman–Crippen MR) is 76.7 cm³/mol. The number of rotatable bonds is 3. The minimum atomic E-state index is -0.653. The lowest BCUT2D eigenvalue weighted by Crippen LogP contribution is -1.93. The van der Waals surface area contributed by atoms with E-state index < -0.39 is 11.6 Å². The molecule has 2 heterocycles. The van der Waals surface area contributed by atoms with E-state index >= 15 is 0 Å². The second-order valence-corrected chi connectivity index (χ2v) is 4.66. The van der Waals surface area contributed by atoms with Gasteiger partial charge >= 0.3 is 0 Å². The molecule has 0 aliphatic rings. The summed E-state index contributed by atoms with van der Waals surface area (Å²) in [6, 6.07) is 5.14. The Morgan fingerprint density at radius 3 is 2.75 bits per heavy atom. The molecular formula is C13H9ClF2N2OS. The van der Waals surface area contributed by atoms with E-state index in [1.165, 1.54) is 23.5 Å². The van der Waals surface area contributed by atoms with Crippen LogP contribution in [0.4, 0.5) is 19.6 Å². The van der Waals surface area contributed by atoms with Gasteiger partial charge in [0.25, 0.3) is 0 Å². The topological polar surface area (TPSA) is 38.1 Å². The maximum atomic E-state index is 13.5. The quantitative estimate of drug-likeness (QED) is 0.751. The molecule has 3 rings (SSSR count). The van der Waals surface area contributed by atoms with Crippen LogP contribution in [0.25, 0.3) is 11.3 Å². The molecule has 0 aliphatic carbocycles. The number of hydrogen-bond acceptors (Lipinski definition) is 4. The molecule has 0 spiro atoms. The summed E-state index contributed by atoms with van der Waals surface area (Å²) >= 11 is 1.33. The Kier molecular flexibility index (Phi) is 4.36. The van der Waals surface area contributed by atoms with Gasteiger partial charge in [0, 0.05) is 17.0 Å². The standard InChI is InChI=1S/C13H8F2N2OS.ClH/c14-9-1-2-11(10(15)5-9)16-13-17-12(7-19-13)8-3-4-18-6-8;/h1-7H,(H,16,17);1H. The minimum Gasteiger partial charge on any atom is -0.472 e. The summed E-state index contributed by atoms with van der Waals surface area (Å²) in [5.74, 6) is -1.26. The van der Waals surface area contributed by atoms with Crippen molar-refractivity contribution in [3.63, 3.8) is 0 Å². The van der Waals surface area contributed by atoms with Gasteiger partial charge in [-0.1, -0.05) is 0 Å². The van der Waals surface area contributed by atoms with Gasteiger partial charge in [0.15, 0.2) is 5.13 Å². The molecule has 20 heavy (non-hydrogen) atoms. The number of nitrogens with zero attached hydrogens (tertiary/aromatic N) is 1. The first-order chi connectivity index (χ1) is 9.22. The van der Waals surface area contributed by atoms with Crippen molar-refractivity contribution >= 4 is 34.6 Å². The van der Waals surface area contributed by atoms with Gasteiger partial charge in [0.05, 0.1) is 23.9 Å². The van der Waals surface area contributed by atoms with Crippen molar-refractivity contribution in [2.45, 2.75) is 0 Å². The van der Waals surface area contributed by atoms with E-state index in [1.54, 1.807) is 18.6 Å². The molecule has 0 aliphatic heterocycles. The van der Waals surface area contributed by atoms with Crippen molar-refractivity contribution in [3.8, 4) is 11.3 Å². The zero-order valence-electron chi connectivity index (χ0n) is 9.97. The van der Waals surface area contributed by atoms with E-state index in [0.717, 1.165) is 17.3 Å². The molecule has 1 aromatic carbocycles. The maximum Gasteiger partial charge on any atom is 0.187 e. The van der Waals surface area contributed by atoms with Crippen LogP contribution in [0, 0.1) is 11.6 Å². The highest BCUT2D eigenvalue weighted by molar-refractivity contribution is 7.14. The second-order valence-electron chi connectivity index (χ2n) is 3.80. The van der Waals surface area contributed by atoms with Gasteiger partial charge in [0.2, 0.25) is 0 Å². The molecule has 0 radical (unpaired) electrons. The number of thiazole rings is 1. The molecule has 0 fully saturated rings. The Balaban J connectivity index is 0.00000147. The van der Waals surface area contributed by atoms with Gasteiger partial charge in [-0.3, -0.25) is 0 Å². The molecule has 0 saturated carbocycles. The zero-order chi connectivity index (χ0) is 13.2. The Bertz CT molecular complexity index is 700. The fraction of sp³-hybridized carbons (Fsp3) is 0. The van der Waals surface area contributed by atoms with Crippen LogP contribution in [0.15, 0.2) is 46.6 Å². The Hall–Kier alpha value is -1.92. The van der Waals surface area contributed by atoms with Crippen molar-refractivity contribution in [2.75, 3.05) is 5.32 Å². The summed E-state index contributed by atoms with van der Waals surface area (Å²) in [6.07, 6.45) is 3.14. The van der Waals surface area contributed by atoms with Crippen molar-refractivity contribution < 1.29 is 13.2 Å². The normalized spacial score (nSPS) is 10.1. The summed E-state index contributed by atoms with van der Waals surface area (Å²) in [5, 5.41) is 5.17. The van der Waals surface area contributed by atoms with Crippen LogP contribution in [0.5, 0.6) is 0 Å². The number of nitrogens with one attached hydrogen (secondary N) is 1. The summed E-state index contributed by atoms with van der Waals surface area (Å²) in [4.78, 5) is 4.30. The average Bonchev–Trinajstić information content (AvgIpc) is 3.03. The van der Waals surface area contributed by atoms with Gasteiger partial charge in [0.1, 0.15) is 11.6 Å². The third-order valence-corrected chi connectivity index (χ3v) is 3.25. The number of furan rings is 1. The van der Waals surface area contributed by atoms with Crippen LogP contribution >= 0.6 is 23.7 Å². The molecule has 1 N–H and O–H groups in total. The summed E-state index contributed by atoms with van der Waals surface area (Å²) in [5.41, 5.74) is 1.78. The Morgan fingerprint density at radius 1 is 1.20 bits per heavy atom. The molecule has 3 nitrogen and oxygen atoms in total. The second kappa shape index (κ2) is 6.02. The molecule has 0 bridgehead atoms. The SMILES string of the molecule is Cl.Fc1ccc(Nc2nc(-c3ccoc3)cs2)c(F)c1. The minimum absolute atomic E-state index is 0. The van der Waals surface area contributed by atoms with Crippen LogP contribution in [0.1, 0.15) is 0 Å². The summed E-state index contributed by atoms with van der Waals surface area (Å²) < 4.78 is 31.2. The lowest BCUT2D eigenvalue weighted by molar-refractivity contribution is 0.568. The van der Waals surface area contributed by atoms with Crippen molar-refractivity contribution in [1.82, 2.24) is 4.98 Å². The lowest BCUT2D eigenvalue weighted by Gasteiger charge is -2.03. The molecule has 3 aromatic rings. The van der Waals surface area contributed by atoms with E-state index in [-0.39, 0.29) is 18.1 Å². The van der Waals surface area contributed by atoms with Crippen molar-refractivity contribution in [3.05, 3.63) is 53.8 Å². The smallest absolute Gasteiger partial charge is 0.187 e. The van der Waals surface area contributed by atoms with Crippen LogP contribution in [0.3, 0.4) is 0 Å². The van der Waals surface area contributed by atoms with E-state index in [9.17, 15) is 8.78 Å². The molecular weight excluding hydrogens is 306 g/mol. The Morgan fingerprint density at radius 2 is 2.05 bits per heavy atom. The number of anilines is 2. The number of hydrogen-bond donors (Lipinski definition) is 1. The lowest BCUT2D eigenvalue weighted by atomic mass is 10.3. The first kappa shape index (κ1) is 14.5. The summed E-state index contributed by atoms with van der Waals surface area (Å²) in [6.45, 7) is 0. The van der Waals surface area contributed by atoms with Gasteiger partial charge in [-0.15, -0.1) is 23.7 Å². The van der Waals surface area contributed by atoms with Crippen molar-refractivity contribution in [2.24, 2.45) is 0 Å². The largest absolute Gasteiger partial charge is 0.472 e. The highest BCUT2D eigenvalue weighted by Crippen LogP contribution is 2.28. The van der Waals surface area contributed by atoms with Crippen molar-refractivity contribution in [1.29, 1.82) is 0 Å². The Labute approximate surface area is 123 Å². The molecule has 0 unspecified atom stereocenters. The van der Waals surface area contributed by atoms with E-state index in [0.29, 0.717) is 5.13 Å².